The second-order valence-electron chi connectivity index (χ2n) is 8.13. The molecule has 2 amide bonds. The lowest BCUT2D eigenvalue weighted by Gasteiger charge is -2.16. The summed E-state index contributed by atoms with van der Waals surface area (Å²) in [5, 5.41) is 32.3. The van der Waals surface area contributed by atoms with E-state index in [0.717, 1.165) is 28.9 Å². The number of benzene rings is 3. The lowest BCUT2D eigenvalue weighted by atomic mass is 10.0. The highest BCUT2D eigenvalue weighted by Crippen LogP contribution is 2.29. The first kappa shape index (κ1) is 30.3. The van der Waals surface area contributed by atoms with Crippen LogP contribution in [0.25, 0.3) is 0 Å². The number of phenols is 3. The number of aryl methyl sites for hydroxylation is 1. The predicted octanol–water partition coefficient (Wildman–Crippen LogP) is 4.91. The Morgan fingerprint density at radius 2 is 1.45 bits per heavy atom. The molecule has 0 aliphatic carbocycles. The van der Waals surface area contributed by atoms with Gasteiger partial charge in [-0.2, -0.15) is 0 Å². The minimum Gasteiger partial charge on any atom is -0.508 e. The van der Waals surface area contributed by atoms with Crippen molar-refractivity contribution in [2.75, 3.05) is 22.2 Å². The number of halogens is 2. The molecule has 0 fully saturated rings. The van der Waals surface area contributed by atoms with Crippen molar-refractivity contribution < 1.29 is 29.7 Å². The summed E-state index contributed by atoms with van der Waals surface area (Å²) in [5.74, 6) is 1.04. The van der Waals surface area contributed by atoms with Crippen molar-refractivity contribution in [2.24, 2.45) is 0 Å². The highest BCUT2D eigenvalue weighted by molar-refractivity contribution is 6.63. The number of anilines is 3. The standard InChI is InChI=1S/2C9H9NO2.C6H7NO.C3H4Cl2O/c11-7-3-1-6-2-4-9(12)10-8(6)5-7;11-8-3-1-2-7-6(8)4-5-9(12)10-7;7-5-2-1-3-6(8)4-5;4-2-1-3(5)6/h1,3,5,11H,2,4H2,(H,10,12);1-3,11H,4-5H2,(H,10,12);1-4,8H,7H2;1-2H2. The van der Waals surface area contributed by atoms with Gasteiger partial charge in [-0.1, -0.05) is 18.2 Å². The van der Waals surface area contributed by atoms with Gasteiger partial charge in [-0.3, -0.25) is 14.4 Å². The number of hydrogen-bond donors (Lipinski definition) is 6. The van der Waals surface area contributed by atoms with Crippen LogP contribution in [0.5, 0.6) is 17.2 Å². The van der Waals surface area contributed by atoms with Gasteiger partial charge in [0, 0.05) is 59.9 Å². The van der Waals surface area contributed by atoms with Crippen LogP contribution < -0.4 is 16.4 Å². The Balaban J connectivity index is 0.000000185. The third kappa shape index (κ3) is 10.6. The van der Waals surface area contributed by atoms with E-state index >= 15 is 0 Å². The van der Waals surface area contributed by atoms with Gasteiger partial charge < -0.3 is 31.7 Å². The van der Waals surface area contributed by atoms with Crippen molar-refractivity contribution in [3.63, 3.8) is 0 Å². The van der Waals surface area contributed by atoms with E-state index in [1.54, 1.807) is 48.5 Å². The lowest BCUT2D eigenvalue weighted by molar-refractivity contribution is -0.117. The summed E-state index contributed by atoms with van der Waals surface area (Å²) in [4.78, 5) is 31.6. The fourth-order valence-electron chi connectivity index (χ4n) is 3.36. The van der Waals surface area contributed by atoms with E-state index in [4.69, 9.17) is 39.1 Å². The topological polar surface area (TPSA) is 162 Å². The second-order valence-corrected chi connectivity index (χ2v) is 8.93. The number of aromatic hydroxyl groups is 3. The highest BCUT2D eigenvalue weighted by Gasteiger charge is 2.16. The average molecular weight is 562 g/mol. The van der Waals surface area contributed by atoms with Crippen LogP contribution in [0.2, 0.25) is 0 Å². The summed E-state index contributed by atoms with van der Waals surface area (Å²) in [5.41, 5.74) is 9.31. The molecule has 0 unspecified atom stereocenters. The molecular formula is C27H29Cl2N3O6. The maximum atomic E-state index is 10.9. The van der Waals surface area contributed by atoms with Crippen molar-refractivity contribution in [1.29, 1.82) is 0 Å². The maximum Gasteiger partial charge on any atom is 0.224 e. The molecule has 38 heavy (non-hydrogen) atoms. The zero-order valence-corrected chi connectivity index (χ0v) is 21.9. The number of carbonyl (C=O) groups excluding carboxylic acids is 3. The molecule has 202 valence electrons. The summed E-state index contributed by atoms with van der Waals surface area (Å²) in [6.07, 6.45) is 2.67. The minimum absolute atomic E-state index is 0.0214. The Kier molecular flexibility index (Phi) is 12.2. The van der Waals surface area contributed by atoms with Crippen LogP contribution in [0, 0.1) is 0 Å². The summed E-state index contributed by atoms with van der Waals surface area (Å²) in [6.45, 7) is 0. The third-order valence-electron chi connectivity index (χ3n) is 5.18. The third-order valence-corrected chi connectivity index (χ3v) is 5.56. The van der Waals surface area contributed by atoms with Gasteiger partial charge >= 0.3 is 0 Å². The number of hydrogen-bond acceptors (Lipinski definition) is 7. The summed E-state index contributed by atoms with van der Waals surface area (Å²) < 4.78 is 0. The molecule has 2 heterocycles. The van der Waals surface area contributed by atoms with Gasteiger partial charge in [0.2, 0.25) is 17.1 Å². The molecule has 9 nitrogen and oxygen atoms in total. The predicted molar refractivity (Wildman–Crippen MR) is 149 cm³/mol. The van der Waals surface area contributed by atoms with Gasteiger partial charge in [0.1, 0.15) is 17.2 Å². The number of alkyl halides is 1. The van der Waals surface area contributed by atoms with Gasteiger partial charge in [-0.25, -0.2) is 0 Å². The van der Waals surface area contributed by atoms with Gasteiger partial charge in [0.15, 0.2) is 0 Å². The Morgan fingerprint density at radius 3 is 2.03 bits per heavy atom. The molecule has 3 aromatic rings. The Morgan fingerprint density at radius 1 is 0.816 bits per heavy atom. The molecule has 0 saturated carbocycles. The normalized spacial score (nSPS) is 12.8. The molecule has 3 aromatic carbocycles. The summed E-state index contributed by atoms with van der Waals surface area (Å²) >= 11 is 9.95. The van der Waals surface area contributed by atoms with E-state index in [0.29, 0.717) is 30.8 Å². The molecule has 0 bridgehead atoms. The van der Waals surface area contributed by atoms with Gasteiger partial charge in [-0.15, -0.1) is 11.6 Å². The van der Waals surface area contributed by atoms with Crippen molar-refractivity contribution in [3.05, 3.63) is 71.8 Å². The molecule has 5 rings (SSSR count). The molecule has 0 spiro atoms. The van der Waals surface area contributed by atoms with Crippen molar-refractivity contribution in [3.8, 4) is 17.2 Å². The van der Waals surface area contributed by atoms with Crippen molar-refractivity contribution in [1.82, 2.24) is 0 Å². The van der Waals surface area contributed by atoms with Crippen molar-refractivity contribution >= 4 is 57.3 Å². The van der Waals surface area contributed by atoms with Gasteiger partial charge in [0.25, 0.3) is 0 Å². The zero-order valence-electron chi connectivity index (χ0n) is 20.4. The zero-order chi connectivity index (χ0) is 28.1. The molecule has 7 N–H and O–H groups in total. The van der Waals surface area contributed by atoms with Crippen molar-refractivity contribution in [2.45, 2.75) is 32.1 Å². The molecule has 0 aromatic heterocycles. The first-order valence-electron chi connectivity index (χ1n) is 11.6. The van der Waals surface area contributed by atoms with Crippen LogP contribution in [0.3, 0.4) is 0 Å². The fraction of sp³-hybridized carbons (Fsp3) is 0.222. The summed E-state index contributed by atoms with van der Waals surface area (Å²) in [6, 6.07) is 16.7. The number of phenolic OH excluding ortho intramolecular Hbond substituents is 3. The van der Waals surface area contributed by atoms with E-state index in [1.165, 1.54) is 6.07 Å². The molecule has 2 aliphatic rings. The largest absolute Gasteiger partial charge is 0.508 e. The Labute approximate surface area is 230 Å². The number of nitrogens with one attached hydrogen (secondary N) is 2. The van der Waals surface area contributed by atoms with E-state index < -0.39 is 0 Å². The van der Waals surface area contributed by atoms with Crippen LogP contribution in [0.15, 0.2) is 60.7 Å². The van der Waals surface area contributed by atoms with Crippen LogP contribution in [0.1, 0.15) is 30.4 Å². The molecule has 0 atom stereocenters. The fourth-order valence-corrected chi connectivity index (χ4v) is 3.73. The SMILES string of the molecule is Nc1cccc(O)c1.O=C(Cl)CCCl.O=C1CCc2c(O)cccc2N1.O=C1CCc2ccc(O)cc2N1. The first-order chi connectivity index (χ1) is 18.1. The first-order valence-corrected chi connectivity index (χ1v) is 12.5. The molecule has 11 heteroatoms. The molecule has 0 radical (unpaired) electrons. The number of fused-ring (bicyclic) bond motifs is 2. The van der Waals surface area contributed by atoms with E-state index in [9.17, 15) is 19.5 Å². The number of nitrogen functional groups attached to an aromatic ring is 1. The van der Waals surface area contributed by atoms with E-state index in [1.807, 2.05) is 6.07 Å². The highest BCUT2D eigenvalue weighted by atomic mass is 35.5. The quantitative estimate of drug-likeness (QED) is 0.147. The van der Waals surface area contributed by atoms with E-state index in [2.05, 4.69) is 10.6 Å². The Hall–Kier alpha value is -3.95. The lowest BCUT2D eigenvalue weighted by Crippen LogP contribution is -2.18. The maximum absolute atomic E-state index is 10.9. The Bertz CT molecular complexity index is 1240. The van der Waals surface area contributed by atoms with Gasteiger partial charge in [-0.05, 0) is 60.3 Å². The number of nitrogens with two attached hydrogens (primary N) is 1. The van der Waals surface area contributed by atoms with Crippen LogP contribution in [-0.4, -0.2) is 38.3 Å². The number of rotatable bonds is 2. The average Bonchev–Trinajstić information content (AvgIpc) is 2.85. The molecule has 2 aliphatic heterocycles. The van der Waals surface area contributed by atoms with Crippen LogP contribution in [0.4, 0.5) is 17.1 Å². The van der Waals surface area contributed by atoms with Crippen LogP contribution in [-0.2, 0) is 27.2 Å². The summed E-state index contributed by atoms with van der Waals surface area (Å²) in [7, 11) is 0. The molecule has 0 saturated heterocycles. The monoisotopic (exact) mass is 561 g/mol. The smallest absolute Gasteiger partial charge is 0.224 e. The number of amides is 2. The van der Waals surface area contributed by atoms with Gasteiger partial charge in [0.05, 0.1) is 0 Å². The minimum atomic E-state index is -0.370. The number of carbonyl (C=O) groups is 3. The molecular weight excluding hydrogens is 533 g/mol. The second kappa shape index (κ2) is 15.3. The van der Waals surface area contributed by atoms with E-state index in [-0.39, 0.29) is 40.7 Å². The van der Waals surface area contributed by atoms with Crippen LogP contribution >= 0.6 is 23.2 Å².